The number of nitriles is 1. The van der Waals surface area contributed by atoms with E-state index >= 15 is 0 Å². The molecular formula is C22H20N6O2S. The molecule has 1 aromatic carbocycles. The van der Waals surface area contributed by atoms with E-state index < -0.39 is 6.04 Å². The molecular weight excluding hydrogens is 412 g/mol. The van der Waals surface area contributed by atoms with Crippen molar-refractivity contribution < 1.29 is 5.11 Å². The van der Waals surface area contributed by atoms with Crippen LogP contribution in [0.2, 0.25) is 0 Å². The third-order valence-corrected chi connectivity index (χ3v) is 5.87. The smallest absolute Gasteiger partial charge is 0.271 e. The van der Waals surface area contributed by atoms with Gasteiger partial charge in [-0.1, -0.05) is 12.1 Å². The van der Waals surface area contributed by atoms with Gasteiger partial charge in [-0.15, -0.1) is 0 Å². The maximum atomic E-state index is 13.2. The fourth-order valence-electron chi connectivity index (χ4n) is 3.53. The summed E-state index contributed by atoms with van der Waals surface area (Å²) in [6.07, 6.45) is 5.68. The van der Waals surface area contributed by atoms with Crippen LogP contribution in [0, 0.1) is 25.2 Å². The lowest BCUT2D eigenvalue weighted by atomic mass is 10.0. The predicted molar refractivity (Wildman–Crippen MR) is 116 cm³/mol. The summed E-state index contributed by atoms with van der Waals surface area (Å²) in [5.74, 6) is 0. The first-order valence-electron chi connectivity index (χ1n) is 9.65. The molecule has 3 heterocycles. The maximum absolute atomic E-state index is 13.2. The average molecular weight is 433 g/mol. The lowest BCUT2D eigenvalue weighted by Crippen LogP contribution is -2.32. The van der Waals surface area contributed by atoms with E-state index in [-0.39, 0.29) is 17.9 Å². The monoisotopic (exact) mass is 432 g/mol. The van der Waals surface area contributed by atoms with E-state index in [0.29, 0.717) is 16.9 Å². The lowest BCUT2D eigenvalue weighted by Gasteiger charge is -2.16. The van der Waals surface area contributed by atoms with E-state index in [9.17, 15) is 15.2 Å². The van der Waals surface area contributed by atoms with E-state index in [2.05, 4.69) is 14.5 Å². The maximum Gasteiger partial charge on any atom is 0.271 e. The van der Waals surface area contributed by atoms with Crippen LogP contribution in [0.3, 0.4) is 0 Å². The summed E-state index contributed by atoms with van der Waals surface area (Å²) in [6.45, 7) is 3.63. The highest BCUT2D eigenvalue weighted by atomic mass is 32.1. The second-order valence-electron chi connectivity index (χ2n) is 7.25. The van der Waals surface area contributed by atoms with E-state index in [1.54, 1.807) is 18.6 Å². The lowest BCUT2D eigenvalue weighted by molar-refractivity contribution is 0.238. The summed E-state index contributed by atoms with van der Waals surface area (Å²) in [7, 11) is 0. The van der Waals surface area contributed by atoms with Gasteiger partial charge in [0.05, 0.1) is 23.5 Å². The number of rotatable bonds is 6. The summed E-state index contributed by atoms with van der Waals surface area (Å²) in [5, 5.41) is 23.5. The molecule has 0 spiro atoms. The molecule has 3 aromatic heterocycles. The van der Waals surface area contributed by atoms with Gasteiger partial charge < -0.3 is 9.67 Å². The highest BCUT2D eigenvalue weighted by molar-refractivity contribution is 7.05. The van der Waals surface area contributed by atoms with Crippen LogP contribution in [-0.2, 0) is 6.42 Å². The Morgan fingerprint density at radius 2 is 2.10 bits per heavy atom. The number of imidazole rings is 1. The van der Waals surface area contributed by atoms with E-state index in [1.807, 2.05) is 48.9 Å². The summed E-state index contributed by atoms with van der Waals surface area (Å²) in [5.41, 5.74) is 4.17. The van der Waals surface area contributed by atoms with Gasteiger partial charge >= 0.3 is 0 Å². The predicted octanol–water partition coefficient (Wildman–Crippen LogP) is 2.55. The number of nitrogens with zero attached hydrogens (tertiary/aromatic N) is 6. The summed E-state index contributed by atoms with van der Waals surface area (Å²) in [6, 6.07) is 10.6. The van der Waals surface area contributed by atoms with E-state index in [1.165, 1.54) is 22.3 Å². The van der Waals surface area contributed by atoms with Gasteiger partial charge in [0.1, 0.15) is 12.1 Å². The van der Waals surface area contributed by atoms with Crippen molar-refractivity contribution in [1.29, 1.82) is 5.26 Å². The minimum Gasteiger partial charge on any atom is -0.394 e. The number of aliphatic hydroxyl groups excluding tert-OH is 1. The van der Waals surface area contributed by atoms with Crippen LogP contribution in [-0.4, -0.2) is 35.4 Å². The van der Waals surface area contributed by atoms with Crippen molar-refractivity contribution in [2.75, 3.05) is 6.61 Å². The van der Waals surface area contributed by atoms with Crippen LogP contribution in [0.1, 0.15) is 39.0 Å². The van der Waals surface area contributed by atoms with Crippen LogP contribution in [0.25, 0.3) is 5.69 Å². The molecule has 0 aliphatic carbocycles. The van der Waals surface area contributed by atoms with Crippen molar-refractivity contribution in [1.82, 2.24) is 23.7 Å². The van der Waals surface area contributed by atoms with Crippen molar-refractivity contribution in [3.63, 3.8) is 0 Å². The zero-order valence-electron chi connectivity index (χ0n) is 17.1. The second-order valence-corrected chi connectivity index (χ2v) is 8.11. The van der Waals surface area contributed by atoms with Gasteiger partial charge in [0, 0.05) is 30.1 Å². The molecule has 4 aromatic rings. The van der Waals surface area contributed by atoms with E-state index in [4.69, 9.17) is 0 Å². The third kappa shape index (κ3) is 4.17. The average Bonchev–Trinajstić information content (AvgIpc) is 3.43. The quantitative estimate of drug-likeness (QED) is 0.501. The van der Waals surface area contributed by atoms with E-state index in [0.717, 1.165) is 22.5 Å². The van der Waals surface area contributed by atoms with Crippen LogP contribution >= 0.6 is 11.5 Å². The molecule has 1 N–H and O–H groups in total. The van der Waals surface area contributed by atoms with Crippen molar-refractivity contribution in [2.24, 2.45) is 0 Å². The molecule has 31 heavy (non-hydrogen) atoms. The molecule has 8 nitrogen and oxygen atoms in total. The molecule has 0 aliphatic heterocycles. The normalized spacial score (nSPS) is 11.9. The number of benzene rings is 1. The van der Waals surface area contributed by atoms with Crippen LogP contribution in [0.15, 0.2) is 53.8 Å². The second kappa shape index (κ2) is 8.63. The Kier molecular flexibility index (Phi) is 5.75. The molecule has 1 atom stereocenters. The van der Waals surface area contributed by atoms with Gasteiger partial charge in [0.25, 0.3) is 5.56 Å². The Morgan fingerprint density at radius 3 is 2.71 bits per heavy atom. The molecule has 4 rings (SSSR count). The summed E-state index contributed by atoms with van der Waals surface area (Å²) in [4.78, 5) is 18.1. The van der Waals surface area contributed by atoms with Crippen molar-refractivity contribution in [2.45, 2.75) is 26.3 Å². The SMILES string of the molecule is Cc1cn(-c2ccc(Cc3cc(C#N)nn([C@@H](CO)c4ccns4)c3=O)cc2C)cn1. The molecule has 0 fully saturated rings. The minimum absolute atomic E-state index is 0.125. The Hall–Kier alpha value is -3.61. The molecule has 0 bridgehead atoms. The van der Waals surface area contributed by atoms with Gasteiger partial charge in [-0.3, -0.25) is 4.79 Å². The molecule has 0 radical (unpaired) electrons. The number of aromatic nitrogens is 5. The first kappa shape index (κ1) is 20.7. The number of aliphatic hydroxyl groups is 1. The van der Waals surface area contributed by atoms with Gasteiger partial charge in [-0.05, 0) is 54.7 Å². The number of aryl methyl sites for hydroxylation is 2. The first-order chi connectivity index (χ1) is 15.0. The fourth-order valence-corrected chi connectivity index (χ4v) is 4.19. The highest BCUT2D eigenvalue weighted by Gasteiger charge is 2.20. The zero-order chi connectivity index (χ0) is 22.0. The van der Waals surface area contributed by atoms with Crippen LogP contribution in [0.4, 0.5) is 0 Å². The standard InChI is InChI=1S/C22H20N6O2S/c1-14-7-16(3-4-19(14)27-11-15(2)24-13-27)8-17-9-18(10-23)26-28(22(17)30)20(12-29)21-5-6-25-31-21/h3-7,9,11,13,20,29H,8,12H2,1-2H3/t20-/m0/s1. The highest BCUT2D eigenvalue weighted by Crippen LogP contribution is 2.21. The molecule has 0 saturated carbocycles. The largest absolute Gasteiger partial charge is 0.394 e. The Balaban J connectivity index is 1.71. The molecule has 0 aliphatic rings. The van der Waals surface area contributed by atoms with Crippen molar-refractivity contribution in [3.05, 3.63) is 92.4 Å². The van der Waals surface area contributed by atoms with Gasteiger partial charge in [-0.25, -0.2) is 14.0 Å². The van der Waals surface area contributed by atoms with Gasteiger partial charge in [0.2, 0.25) is 0 Å². The Bertz CT molecular complexity index is 1320. The fraction of sp³-hybridized carbons (Fsp3) is 0.227. The van der Waals surface area contributed by atoms with Gasteiger partial charge in [0.15, 0.2) is 5.69 Å². The molecule has 0 amide bonds. The summed E-state index contributed by atoms with van der Waals surface area (Å²) < 4.78 is 7.19. The van der Waals surface area contributed by atoms with Crippen molar-refractivity contribution >= 4 is 11.5 Å². The molecule has 0 saturated heterocycles. The van der Waals surface area contributed by atoms with Crippen molar-refractivity contribution in [3.8, 4) is 11.8 Å². The minimum atomic E-state index is -0.680. The number of hydrogen-bond acceptors (Lipinski definition) is 7. The zero-order valence-corrected chi connectivity index (χ0v) is 17.9. The van der Waals surface area contributed by atoms with Crippen LogP contribution in [0.5, 0.6) is 0 Å². The van der Waals surface area contributed by atoms with Crippen LogP contribution < -0.4 is 5.56 Å². The third-order valence-electron chi connectivity index (χ3n) is 5.02. The Labute approximate surface area is 182 Å². The molecule has 0 unspecified atom stereocenters. The summed E-state index contributed by atoms with van der Waals surface area (Å²) >= 11 is 1.19. The number of hydrogen-bond donors (Lipinski definition) is 1. The van der Waals surface area contributed by atoms with Gasteiger partial charge in [-0.2, -0.15) is 10.4 Å². The molecule has 9 heteroatoms. The first-order valence-corrected chi connectivity index (χ1v) is 10.4. The molecule has 156 valence electrons. The Morgan fingerprint density at radius 1 is 1.26 bits per heavy atom. The topological polar surface area (TPSA) is 110 Å².